The molecule has 0 aliphatic heterocycles. The standard InChI is InChI=1S/C13H20N4O/c1-2-17(10-6-4-3-5-7-10)13(18)11-8-16-12(14)9-15-11/h8-10H,2-7H2,1H3,(H2,14,16). The van der Waals surface area contributed by atoms with E-state index in [9.17, 15) is 4.79 Å². The molecule has 0 bridgehead atoms. The van der Waals surface area contributed by atoms with Crippen molar-refractivity contribution in [3.8, 4) is 0 Å². The molecular formula is C13H20N4O. The number of rotatable bonds is 3. The molecule has 2 rings (SSSR count). The minimum Gasteiger partial charge on any atom is -0.382 e. The van der Waals surface area contributed by atoms with Crippen LogP contribution in [0.15, 0.2) is 12.4 Å². The topological polar surface area (TPSA) is 72.1 Å². The summed E-state index contributed by atoms with van der Waals surface area (Å²) in [7, 11) is 0. The molecule has 1 heterocycles. The van der Waals surface area contributed by atoms with E-state index in [4.69, 9.17) is 5.73 Å². The molecule has 0 atom stereocenters. The molecule has 0 unspecified atom stereocenters. The van der Waals surface area contributed by atoms with Crippen molar-refractivity contribution in [1.82, 2.24) is 14.9 Å². The van der Waals surface area contributed by atoms with Crippen LogP contribution < -0.4 is 5.73 Å². The summed E-state index contributed by atoms with van der Waals surface area (Å²) in [5.41, 5.74) is 5.87. The van der Waals surface area contributed by atoms with Gasteiger partial charge in [0.1, 0.15) is 11.5 Å². The lowest BCUT2D eigenvalue weighted by Crippen LogP contribution is -2.41. The van der Waals surface area contributed by atoms with Gasteiger partial charge in [0, 0.05) is 12.6 Å². The van der Waals surface area contributed by atoms with Crippen molar-refractivity contribution in [2.45, 2.75) is 45.1 Å². The van der Waals surface area contributed by atoms with Gasteiger partial charge in [0.25, 0.3) is 5.91 Å². The highest BCUT2D eigenvalue weighted by atomic mass is 16.2. The van der Waals surface area contributed by atoms with Gasteiger partial charge in [-0.2, -0.15) is 0 Å². The highest BCUT2D eigenvalue weighted by Crippen LogP contribution is 2.23. The molecule has 1 amide bonds. The van der Waals surface area contributed by atoms with Gasteiger partial charge >= 0.3 is 0 Å². The predicted molar refractivity (Wildman–Crippen MR) is 70.0 cm³/mol. The molecule has 1 saturated carbocycles. The molecule has 1 fully saturated rings. The maximum absolute atomic E-state index is 12.4. The Morgan fingerprint density at radius 2 is 2.06 bits per heavy atom. The van der Waals surface area contributed by atoms with Crippen LogP contribution in [0.1, 0.15) is 49.5 Å². The third-order valence-corrected chi connectivity index (χ3v) is 3.51. The van der Waals surface area contributed by atoms with Crippen molar-refractivity contribution in [3.05, 3.63) is 18.1 Å². The Bertz CT molecular complexity index is 398. The molecule has 1 aliphatic rings. The van der Waals surface area contributed by atoms with Crippen LogP contribution in [-0.4, -0.2) is 33.4 Å². The maximum atomic E-state index is 12.4. The minimum atomic E-state index is -0.0306. The fourth-order valence-electron chi connectivity index (χ4n) is 2.56. The summed E-state index contributed by atoms with van der Waals surface area (Å²) in [6.45, 7) is 2.73. The van der Waals surface area contributed by atoms with Crippen LogP contribution in [0.4, 0.5) is 5.82 Å². The summed E-state index contributed by atoms with van der Waals surface area (Å²) in [4.78, 5) is 22.3. The first kappa shape index (κ1) is 12.8. The van der Waals surface area contributed by atoms with Crippen LogP contribution in [0.25, 0.3) is 0 Å². The van der Waals surface area contributed by atoms with Gasteiger partial charge in [0.2, 0.25) is 0 Å². The minimum absolute atomic E-state index is 0.0306. The number of carbonyl (C=O) groups is 1. The quantitative estimate of drug-likeness (QED) is 0.886. The maximum Gasteiger partial charge on any atom is 0.274 e. The Balaban J connectivity index is 2.11. The van der Waals surface area contributed by atoms with Gasteiger partial charge in [-0.3, -0.25) is 4.79 Å². The van der Waals surface area contributed by atoms with Gasteiger partial charge < -0.3 is 10.6 Å². The zero-order chi connectivity index (χ0) is 13.0. The first-order valence-electron chi connectivity index (χ1n) is 6.61. The number of nitrogens with zero attached hydrogens (tertiary/aromatic N) is 3. The highest BCUT2D eigenvalue weighted by molar-refractivity contribution is 5.92. The Labute approximate surface area is 107 Å². The number of aromatic nitrogens is 2. The Morgan fingerprint density at radius 1 is 1.33 bits per heavy atom. The molecule has 2 N–H and O–H groups in total. The molecule has 1 aromatic rings. The summed E-state index contributed by atoms with van der Waals surface area (Å²) >= 11 is 0. The smallest absolute Gasteiger partial charge is 0.274 e. The van der Waals surface area contributed by atoms with Crippen molar-refractivity contribution < 1.29 is 4.79 Å². The van der Waals surface area contributed by atoms with E-state index in [-0.39, 0.29) is 5.91 Å². The lowest BCUT2D eigenvalue weighted by molar-refractivity contribution is 0.0641. The van der Waals surface area contributed by atoms with Crippen LogP contribution in [-0.2, 0) is 0 Å². The second-order valence-electron chi connectivity index (χ2n) is 4.71. The molecule has 18 heavy (non-hydrogen) atoms. The molecular weight excluding hydrogens is 228 g/mol. The lowest BCUT2D eigenvalue weighted by Gasteiger charge is -2.33. The third kappa shape index (κ3) is 2.78. The van der Waals surface area contributed by atoms with Gasteiger partial charge in [0.15, 0.2) is 0 Å². The van der Waals surface area contributed by atoms with Gasteiger partial charge in [-0.25, -0.2) is 9.97 Å². The van der Waals surface area contributed by atoms with Gasteiger partial charge in [0.05, 0.1) is 12.4 Å². The van der Waals surface area contributed by atoms with Crippen LogP contribution in [0.5, 0.6) is 0 Å². The van der Waals surface area contributed by atoms with Crippen molar-refractivity contribution in [3.63, 3.8) is 0 Å². The molecule has 0 aromatic carbocycles. The van der Waals surface area contributed by atoms with Crippen LogP contribution >= 0.6 is 0 Å². The average molecular weight is 248 g/mol. The van der Waals surface area contributed by atoms with Crippen LogP contribution in [0.3, 0.4) is 0 Å². The molecule has 5 heteroatoms. The summed E-state index contributed by atoms with van der Waals surface area (Å²) in [5, 5.41) is 0. The largest absolute Gasteiger partial charge is 0.382 e. The number of hydrogen-bond acceptors (Lipinski definition) is 4. The summed E-state index contributed by atoms with van der Waals surface area (Å²) in [6, 6.07) is 0.357. The first-order valence-corrected chi connectivity index (χ1v) is 6.61. The van der Waals surface area contributed by atoms with Gasteiger partial charge in [-0.1, -0.05) is 19.3 Å². The Morgan fingerprint density at radius 3 is 2.61 bits per heavy atom. The number of carbonyl (C=O) groups excluding carboxylic acids is 1. The molecule has 0 saturated heterocycles. The molecule has 0 radical (unpaired) electrons. The fraction of sp³-hybridized carbons (Fsp3) is 0.615. The monoisotopic (exact) mass is 248 g/mol. The van der Waals surface area contributed by atoms with Crippen molar-refractivity contribution in [2.24, 2.45) is 0 Å². The molecule has 1 aliphatic carbocycles. The number of nitrogen functional groups attached to an aromatic ring is 1. The fourth-order valence-corrected chi connectivity index (χ4v) is 2.56. The van der Waals surface area contributed by atoms with E-state index in [1.807, 2.05) is 11.8 Å². The van der Waals surface area contributed by atoms with E-state index < -0.39 is 0 Å². The molecule has 1 aromatic heterocycles. The Kier molecular flexibility index (Phi) is 4.12. The zero-order valence-electron chi connectivity index (χ0n) is 10.8. The molecule has 5 nitrogen and oxygen atoms in total. The van der Waals surface area contributed by atoms with Crippen molar-refractivity contribution in [1.29, 1.82) is 0 Å². The van der Waals surface area contributed by atoms with E-state index in [1.54, 1.807) is 0 Å². The van der Waals surface area contributed by atoms with Crippen LogP contribution in [0, 0.1) is 0 Å². The highest BCUT2D eigenvalue weighted by Gasteiger charge is 2.25. The number of hydrogen-bond donors (Lipinski definition) is 1. The summed E-state index contributed by atoms with van der Waals surface area (Å²) in [6.07, 6.45) is 8.79. The van der Waals surface area contributed by atoms with Gasteiger partial charge in [-0.05, 0) is 19.8 Å². The average Bonchev–Trinajstić information content (AvgIpc) is 2.41. The van der Waals surface area contributed by atoms with Gasteiger partial charge in [-0.15, -0.1) is 0 Å². The van der Waals surface area contributed by atoms with E-state index in [1.165, 1.54) is 31.7 Å². The second-order valence-corrected chi connectivity index (χ2v) is 4.71. The zero-order valence-corrected chi connectivity index (χ0v) is 10.8. The van der Waals surface area contributed by atoms with Crippen LogP contribution in [0.2, 0.25) is 0 Å². The third-order valence-electron chi connectivity index (χ3n) is 3.51. The number of nitrogens with two attached hydrogens (primary N) is 1. The van der Waals surface area contributed by atoms with Crippen molar-refractivity contribution >= 4 is 11.7 Å². The normalized spacial score (nSPS) is 16.5. The van der Waals surface area contributed by atoms with Crippen molar-refractivity contribution in [2.75, 3.05) is 12.3 Å². The van der Waals surface area contributed by atoms with E-state index >= 15 is 0 Å². The second kappa shape index (κ2) is 5.80. The predicted octanol–water partition coefficient (Wildman–Crippen LogP) is 1.85. The number of amides is 1. The van der Waals surface area contributed by atoms with E-state index in [0.717, 1.165) is 19.4 Å². The lowest BCUT2D eigenvalue weighted by atomic mass is 9.94. The first-order chi connectivity index (χ1) is 8.72. The molecule has 0 spiro atoms. The summed E-state index contributed by atoms with van der Waals surface area (Å²) < 4.78 is 0. The summed E-state index contributed by atoms with van der Waals surface area (Å²) in [5.74, 6) is 0.309. The Hall–Kier alpha value is -1.65. The van der Waals surface area contributed by atoms with E-state index in [0.29, 0.717) is 17.6 Å². The number of anilines is 1. The SMILES string of the molecule is CCN(C(=O)c1cnc(N)cn1)C1CCCCC1. The van der Waals surface area contributed by atoms with E-state index in [2.05, 4.69) is 9.97 Å². The molecule has 98 valence electrons.